The molecule has 3 aliphatic rings. The molecule has 2 unspecified atom stereocenters. The number of carbonyl (C=O) groups is 1. The second kappa shape index (κ2) is 7.31. The summed E-state index contributed by atoms with van der Waals surface area (Å²) in [6, 6.07) is 0. The molecule has 0 radical (unpaired) electrons. The van der Waals surface area contributed by atoms with Crippen molar-refractivity contribution in [2.75, 3.05) is 33.4 Å². The molecule has 1 amide bonds. The van der Waals surface area contributed by atoms with Crippen molar-refractivity contribution in [3.05, 3.63) is 0 Å². The van der Waals surface area contributed by atoms with E-state index >= 15 is 0 Å². The molecule has 0 bridgehead atoms. The van der Waals surface area contributed by atoms with Crippen molar-refractivity contribution >= 4 is 5.91 Å². The van der Waals surface area contributed by atoms with E-state index in [1.165, 1.54) is 25.7 Å². The minimum Gasteiger partial charge on any atom is -0.385 e. The third-order valence-electron chi connectivity index (χ3n) is 5.85. The lowest BCUT2D eigenvalue weighted by atomic mass is 9.85. The number of carbonyl (C=O) groups excluding carboxylic acids is 1. The van der Waals surface area contributed by atoms with Crippen molar-refractivity contribution in [3.63, 3.8) is 0 Å². The van der Waals surface area contributed by atoms with E-state index in [1.54, 1.807) is 7.11 Å². The lowest BCUT2D eigenvalue weighted by Crippen LogP contribution is -2.50. The minimum absolute atomic E-state index is 0.0536. The normalized spacial score (nSPS) is 33.0. The van der Waals surface area contributed by atoms with Crippen molar-refractivity contribution in [2.24, 2.45) is 11.8 Å². The molecular weight excluding hydrogens is 278 g/mol. The maximum atomic E-state index is 12.6. The molecule has 0 aromatic carbocycles. The molecule has 4 heteroatoms. The summed E-state index contributed by atoms with van der Waals surface area (Å²) in [5.41, 5.74) is -0.0536. The van der Waals surface area contributed by atoms with Crippen LogP contribution in [-0.2, 0) is 14.3 Å². The molecular formula is C18H31NO3. The Labute approximate surface area is 134 Å². The first-order valence-electron chi connectivity index (χ1n) is 9.11. The molecule has 126 valence electrons. The van der Waals surface area contributed by atoms with E-state index in [0.29, 0.717) is 17.7 Å². The summed E-state index contributed by atoms with van der Waals surface area (Å²) in [6.45, 7) is 3.41. The molecule has 3 rings (SSSR count). The SMILES string of the molecule is COCCC1COC2(CCCN(C(=O)CC3CCCC3)C2)C1. The van der Waals surface area contributed by atoms with Gasteiger partial charge in [0, 0.05) is 33.2 Å². The van der Waals surface area contributed by atoms with Gasteiger partial charge in [-0.2, -0.15) is 0 Å². The van der Waals surface area contributed by atoms with E-state index in [4.69, 9.17) is 9.47 Å². The van der Waals surface area contributed by atoms with Gasteiger partial charge in [0.05, 0.1) is 12.2 Å². The molecule has 0 aromatic rings. The third-order valence-corrected chi connectivity index (χ3v) is 5.85. The van der Waals surface area contributed by atoms with Crippen LogP contribution in [-0.4, -0.2) is 49.8 Å². The van der Waals surface area contributed by atoms with Gasteiger partial charge in [0.15, 0.2) is 0 Å². The van der Waals surface area contributed by atoms with Crippen molar-refractivity contribution in [2.45, 2.75) is 63.4 Å². The monoisotopic (exact) mass is 309 g/mol. The Bertz CT molecular complexity index is 381. The maximum absolute atomic E-state index is 12.6. The smallest absolute Gasteiger partial charge is 0.222 e. The van der Waals surface area contributed by atoms with Crippen LogP contribution in [0.3, 0.4) is 0 Å². The summed E-state index contributed by atoms with van der Waals surface area (Å²) >= 11 is 0. The number of piperidine rings is 1. The first-order valence-corrected chi connectivity index (χ1v) is 9.11. The fourth-order valence-electron chi connectivity index (χ4n) is 4.59. The van der Waals surface area contributed by atoms with Gasteiger partial charge in [-0.05, 0) is 50.4 Å². The highest BCUT2D eigenvalue weighted by atomic mass is 16.5. The van der Waals surface area contributed by atoms with Crippen molar-refractivity contribution < 1.29 is 14.3 Å². The Morgan fingerprint density at radius 1 is 1.27 bits per heavy atom. The Morgan fingerprint density at radius 3 is 2.86 bits per heavy atom. The number of amides is 1. The average Bonchev–Trinajstić information content (AvgIpc) is 3.16. The van der Waals surface area contributed by atoms with Crippen molar-refractivity contribution in [1.29, 1.82) is 0 Å². The van der Waals surface area contributed by atoms with Crippen LogP contribution in [0.2, 0.25) is 0 Å². The van der Waals surface area contributed by atoms with Gasteiger partial charge in [0.1, 0.15) is 0 Å². The summed E-state index contributed by atoms with van der Waals surface area (Å²) < 4.78 is 11.4. The molecule has 22 heavy (non-hydrogen) atoms. The summed E-state index contributed by atoms with van der Waals surface area (Å²) in [4.78, 5) is 14.7. The Hall–Kier alpha value is -0.610. The van der Waals surface area contributed by atoms with Crippen LogP contribution in [0.1, 0.15) is 57.8 Å². The van der Waals surface area contributed by atoms with E-state index in [2.05, 4.69) is 4.90 Å². The zero-order valence-electron chi connectivity index (χ0n) is 14.0. The van der Waals surface area contributed by atoms with Gasteiger partial charge in [0.25, 0.3) is 0 Å². The highest BCUT2D eigenvalue weighted by molar-refractivity contribution is 5.76. The number of hydrogen-bond acceptors (Lipinski definition) is 3. The molecule has 1 aliphatic carbocycles. The Kier molecular flexibility index (Phi) is 5.40. The lowest BCUT2D eigenvalue weighted by Gasteiger charge is -2.40. The molecule has 3 fully saturated rings. The molecule has 1 saturated carbocycles. The summed E-state index contributed by atoms with van der Waals surface area (Å²) in [5, 5.41) is 0. The zero-order chi connectivity index (χ0) is 15.4. The molecule has 1 spiro atoms. The molecule has 2 heterocycles. The van der Waals surface area contributed by atoms with Crippen molar-refractivity contribution in [1.82, 2.24) is 4.90 Å². The van der Waals surface area contributed by atoms with E-state index in [9.17, 15) is 4.79 Å². The van der Waals surface area contributed by atoms with Gasteiger partial charge >= 0.3 is 0 Å². The fourth-order valence-corrected chi connectivity index (χ4v) is 4.59. The van der Waals surface area contributed by atoms with E-state index in [0.717, 1.165) is 58.4 Å². The molecule has 0 N–H and O–H groups in total. The largest absolute Gasteiger partial charge is 0.385 e. The van der Waals surface area contributed by atoms with E-state index in [-0.39, 0.29) is 5.60 Å². The van der Waals surface area contributed by atoms with Gasteiger partial charge in [0.2, 0.25) is 5.91 Å². The fraction of sp³-hybridized carbons (Fsp3) is 0.944. The van der Waals surface area contributed by atoms with Gasteiger partial charge in [-0.3, -0.25) is 4.79 Å². The van der Waals surface area contributed by atoms with Gasteiger partial charge in [-0.25, -0.2) is 0 Å². The number of rotatable bonds is 5. The van der Waals surface area contributed by atoms with Crippen LogP contribution < -0.4 is 0 Å². The number of hydrogen-bond donors (Lipinski definition) is 0. The van der Waals surface area contributed by atoms with Crippen molar-refractivity contribution in [3.8, 4) is 0 Å². The molecule has 4 nitrogen and oxygen atoms in total. The van der Waals surface area contributed by atoms with Gasteiger partial charge < -0.3 is 14.4 Å². The molecule has 2 saturated heterocycles. The standard InChI is InChI=1S/C18H31NO3/c1-21-10-7-16-12-18(22-13-16)8-4-9-19(14-18)17(20)11-15-5-2-3-6-15/h15-16H,2-14H2,1H3. The third kappa shape index (κ3) is 3.83. The van der Waals surface area contributed by atoms with E-state index in [1.807, 2.05) is 0 Å². The lowest BCUT2D eigenvalue weighted by molar-refractivity contribution is -0.140. The van der Waals surface area contributed by atoms with Crippen LogP contribution in [0, 0.1) is 11.8 Å². The number of likely N-dealkylation sites (tertiary alicyclic amines) is 1. The van der Waals surface area contributed by atoms with Gasteiger partial charge in [-0.1, -0.05) is 12.8 Å². The summed E-state index contributed by atoms with van der Waals surface area (Å²) in [7, 11) is 1.76. The van der Waals surface area contributed by atoms with Crippen LogP contribution in [0.5, 0.6) is 0 Å². The minimum atomic E-state index is -0.0536. The number of ether oxygens (including phenoxy) is 2. The Balaban J connectivity index is 1.51. The molecule has 2 aliphatic heterocycles. The van der Waals surface area contributed by atoms with Crippen LogP contribution in [0.25, 0.3) is 0 Å². The first kappa shape index (κ1) is 16.3. The van der Waals surface area contributed by atoms with E-state index < -0.39 is 0 Å². The quantitative estimate of drug-likeness (QED) is 0.783. The topological polar surface area (TPSA) is 38.8 Å². The highest BCUT2D eigenvalue weighted by Crippen LogP contribution is 2.39. The van der Waals surface area contributed by atoms with Crippen LogP contribution in [0.15, 0.2) is 0 Å². The van der Waals surface area contributed by atoms with Gasteiger partial charge in [-0.15, -0.1) is 0 Å². The second-order valence-electron chi connectivity index (χ2n) is 7.62. The summed E-state index contributed by atoms with van der Waals surface area (Å²) in [5.74, 6) is 1.61. The van der Waals surface area contributed by atoms with Crippen LogP contribution in [0.4, 0.5) is 0 Å². The Morgan fingerprint density at radius 2 is 2.09 bits per heavy atom. The molecule has 2 atom stereocenters. The predicted molar refractivity (Wildman–Crippen MR) is 85.7 cm³/mol. The molecule has 0 aromatic heterocycles. The second-order valence-corrected chi connectivity index (χ2v) is 7.62. The maximum Gasteiger partial charge on any atom is 0.222 e. The summed E-state index contributed by atoms with van der Waals surface area (Å²) in [6.07, 6.45) is 10.3. The highest BCUT2D eigenvalue weighted by Gasteiger charge is 2.44. The number of nitrogens with zero attached hydrogens (tertiary/aromatic N) is 1. The average molecular weight is 309 g/mol. The van der Waals surface area contributed by atoms with Crippen LogP contribution >= 0.6 is 0 Å². The number of methoxy groups -OCH3 is 1. The zero-order valence-corrected chi connectivity index (χ0v) is 14.0. The first-order chi connectivity index (χ1) is 10.7. The predicted octanol–water partition coefficient (Wildman–Crippen LogP) is 3.00.